The average molecular weight is 259 g/mol. The van der Waals surface area contributed by atoms with E-state index in [1.165, 1.54) is 0 Å². The molecule has 0 aliphatic carbocycles. The second kappa shape index (κ2) is 5.61. The van der Waals surface area contributed by atoms with Crippen LogP contribution in [0.3, 0.4) is 0 Å². The molecular weight excluding hydrogens is 234 g/mol. The molecule has 1 aliphatic rings. The van der Waals surface area contributed by atoms with Gasteiger partial charge < -0.3 is 4.74 Å². The minimum absolute atomic E-state index is 0.0889. The molecule has 100 valence electrons. The molecule has 0 saturated carbocycles. The van der Waals surface area contributed by atoms with Crippen LogP contribution >= 0.6 is 11.8 Å². The Kier molecular flexibility index (Phi) is 4.90. The Morgan fingerprint density at radius 1 is 1.41 bits per heavy atom. The third-order valence-corrected chi connectivity index (χ3v) is 4.54. The maximum Gasteiger partial charge on any atom is 0.327 e. The summed E-state index contributed by atoms with van der Waals surface area (Å²) < 4.78 is 5.26. The number of esters is 1. The zero-order chi connectivity index (χ0) is 13.1. The molecule has 4 heteroatoms. The Bertz CT molecular complexity index is 279. The van der Waals surface area contributed by atoms with E-state index < -0.39 is 5.54 Å². The molecule has 1 saturated heterocycles. The lowest BCUT2D eigenvalue weighted by molar-refractivity contribution is -0.152. The first-order valence-electron chi connectivity index (χ1n) is 6.34. The lowest BCUT2D eigenvalue weighted by Gasteiger charge is -2.44. The van der Waals surface area contributed by atoms with E-state index in [9.17, 15) is 4.79 Å². The SMILES string of the molecule is CCOC(=O)C1(NC(C)C)CSCC(C)(C)C1. The summed E-state index contributed by atoms with van der Waals surface area (Å²) >= 11 is 1.84. The summed E-state index contributed by atoms with van der Waals surface area (Å²) in [6.45, 7) is 10.9. The summed E-state index contributed by atoms with van der Waals surface area (Å²) in [5.74, 6) is 1.83. The average Bonchev–Trinajstić information content (AvgIpc) is 2.15. The van der Waals surface area contributed by atoms with Gasteiger partial charge in [-0.05, 0) is 38.4 Å². The van der Waals surface area contributed by atoms with E-state index in [0.29, 0.717) is 6.61 Å². The van der Waals surface area contributed by atoms with Crippen molar-refractivity contribution in [3.8, 4) is 0 Å². The minimum atomic E-state index is -0.503. The Morgan fingerprint density at radius 3 is 2.53 bits per heavy atom. The molecular formula is C13H25NO2S. The van der Waals surface area contributed by atoms with Gasteiger partial charge in [-0.2, -0.15) is 11.8 Å². The zero-order valence-corrected chi connectivity index (χ0v) is 12.4. The first-order valence-corrected chi connectivity index (χ1v) is 7.49. The van der Waals surface area contributed by atoms with E-state index in [1.54, 1.807) is 0 Å². The Balaban J connectivity index is 2.89. The van der Waals surface area contributed by atoms with Gasteiger partial charge in [0.1, 0.15) is 5.54 Å². The number of carbonyl (C=O) groups is 1. The molecule has 0 aromatic rings. The fourth-order valence-electron chi connectivity index (χ4n) is 2.53. The van der Waals surface area contributed by atoms with Gasteiger partial charge in [-0.25, -0.2) is 0 Å². The van der Waals surface area contributed by atoms with E-state index in [1.807, 2.05) is 18.7 Å². The summed E-state index contributed by atoms with van der Waals surface area (Å²) in [7, 11) is 0. The van der Waals surface area contributed by atoms with Gasteiger partial charge in [0.25, 0.3) is 0 Å². The van der Waals surface area contributed by atoms with Crippen LogP contribution in [0.25, 0.3) is 0 Å². The maximum absolute atomic E-state index is 12.2. The smallest absolute Gasteiger partial charge is 0.327 e. The van der Waals surface area contributed by atoms with Crippen LogP contribution < -0.4 is 5.32 Å². The van der Waals surface area contributed by atoms with Crippen LogP contribution in [0.2, 0.25) is 0 Å². The monoisotopic (exact) mass is 259 g/mol. The number of carbonyl (C=O) groups excluding carboxylic acids is 1. The van der Waals surface area contributed by atoms with Crippen molar-refractivity contribution >= 4 is 17.7 Å². The highest BCUT2D eigenvalue weighted by Gasteiger charge is 2.47. The molecule has 0 spiro atoms. The van der Waals surface area contributed by atoms with E-state index >= 15 is 0 Å². The summed E-state index contributed by atoms with van der Waals surface area (Å²) in [5, 5.41) is 3.44. The van der Waals surface area contributed by atoms with Gasteiger partial charge >= 0.3 is 5.97 Å². The zero-order valence-electron chi connectivity index (χ0n) is 11.6. The van der Waals surface area contributed by atoms with E-state index in [4.69, 9.17) is 4.74 Å². The van der Waals surface area contributed by atoms with Crippen LogP contribution in [0.1, 0.15) is 41.0 Å². The third-order valence-electron chi connectivity index (χ3n) is 2.85. The number of nitrogens with one attached hydrogen (secondary N) is 1. The third kappa shape index (κ3) is 3.88. The number of rotatable bonds is 4. The highest BCUT2D eigenvalue weighted by Crippen LogP contribution is 2.40. The van der Waals surface area contributed by atoms with Crippen molar-refractivity contribution in [3.05, 3.63) is 0 Å². The van der Waals surface area contributed by atoms with Gasteiger partial charge in [-0.15, -0.1) is 0 Å². The second-order valence-corrected chi connectivity index (χ2v) is 6.92. The minimum Gasteiger partial charge on any atom is -0.465 e. The van der Waals surface area contributed by atoms with Gasteiger partial charge in [0.15, 0.2) is 0 Å². The van der Waals surface area contributed by atoms with Crippen LogP contribution in [0.15, 0.2) is 0 Å². The Morgan fingerprint density at radius 2 is 2.06 bits per heavy atom. The fourth-order valence-corrected chi connectivity index (χ4v) is 3.93. The van der Waals surface area contributed by atoms with Crippen molar-refractivity contribution in [1.82, 2.24) is 5.32 Å². The van der Waals surface area contributed by atoms with E-state index in [-0.39, 0.29) is 17.4 Å². The predicted octanol–water partition coefficient (Wildman–Crippen LogP) is 2.45. The molecule has 0 bridgehead atoms. The molecule has 0 radical (unpaired) electrons. The molecule has 1 atom stereocenters. The van der Waals surface area contributed by atoms with Gasteiger partial charge in [-0.1, -0.05) is 13.8 Å². The second-order valence-electron chi connectivity index (χ2n) is 5.94. The summed E-state index contributed by atoms with van der Waals surface area (Å²) in [6.07, 6.45) is 0.851. The first-order chi connectivity index (χ1) is 7.81. The van der Waals surface area contributed by atoms with Crippen molar-refractivity contribution in [2.75, 3.05) is 18.1 Å². The molecule has 1 fully saturated rings. The van der Waals surface area contributed by atoms with Crippen molar-refractivity contribution < 1.29 is 9.53 Å². The quantitative estimate of drug-likeness (QED) is 0.787. The molecule has 0 aromatic heterocycles. The van der Waals surface area contributed by atoms with Crippen LogP contribution in [0.4, 0.5) is 0 Å². The van der Waals surface area contributed by atoms with Gasteiger partial charge in [0, 0.05) is 11.8 Å². The molecule has 1 rings (SSSR count). The maximum atomic E-state index is 12.2. The van der Waals surface area contributed by atoms with E-state index in [0.717, 1.165) is 17.9 Å². The van der Waals surface area contributed by atoms with Gasteiger partial charge in [0.05, 0.1) is 6.61 Å². The normalized spacial score (nSPS) is 28.1. The number of ether oxygens (including phenoxy) is 1. The van der Waals surface area contributed by atoms with Crippen LogP contribution in [-0.2, 0) is 9.53 Å². The molecule has 1 N–H and O–H groups in total. The van der Waals surface area contributed by atoms with Crippen molar-refractivity contribution in [2.24, 2.45) is 5.41 Å². The molecule has 0 amide bonds. The molecule has 17 heavy (non-hydrogen) atoms. The summed E-state index contributed by atoms with van der Waals surface area (Å²) in [5.41, 5.74) is -0.325. The molecule has 1 heterocycles. The molecule has 0 aromatic carbocycles. The highest BCUT2D eigenvalue weighted by molar-refractivity contribution is 7.99. The van der Waals surface area contributed by atoms with Crippen molar-refractivity contribution in [1.29, 1.82) is 0 Å². The highest BCUT2D eigenvalue weighted by atomic mass is 32.2. The van der Waals surface area contributed by atoms with Gasteiger partial charge in [0.2, 0.25) is 0 Å². The Labute approximate surface area is 109 Å². The van der Waals surface area contributed by atoms with Crippen LogP contribution in [0, 0.1) is 5.41 Å². The number of hydrogen-bond donors (Lipinski definition) is 1. The Hall–Kier alpha value is -0.220. The summed E-state index contributed by atoms with van der Waals surface area (Å²) in [6, 6.07) is 0.286. The lowest BCUT2D eigenvalue weighted by atomic mass is 9.79. The van der Waals surface area contributed by atoms with E-state index in [2.05, 4.69) is 33.0 Å². The molecule has 1 unspecified atom stereocenters. The number of hydrogen-bond acceptors (Lipinski definition) is 4. The first kappa shape index (κ1) is 14.8. The van der Waals surface area contributed by atoms with Crippen LogP contribution in [-0.4, -0.2) is 35.7 Å². The molecule has 3 nitrogen and oxygen atoms in total. The van der Waals surface area contributed by atoms with Crippen LogP contribution in [0.5, 0.6) is 0 Å². The topological polar surface area (TPSA) is 38.3 Å². The standard InChI is InChI=1S/C13H25NO2S/c1-6-16-11(15)13(14-10(2)3)7-12(4,5)8-17-9-13/h10,14H,6-9H2,1-5H3. The lowest BCUT2D eigenvalue weighted by Crippen LogP contribution is -2.61. The number of thioether (sulfide) groups is 1. The predicted molar refractivity (Wildman–Crippen MR) is 73.4 cm³/mol. The largest absolute Gasteiger partial charge is 0.465 e. The van der Waals surface area contributed by atoms with Gasteiger partial charge in [-0.3, -0.25) is 10.1 Å². The summed E-state index contributed by atoms with van der Waals surface area (Å²) in [4.78, 5) is 12.2. The molecule has 1 aliphatic heterocycles. The fraction of sp³-hybridized carbons (Fsp3) is 0.923. The van der Waals surface area contributed by atoms with Crippen molar-refractivity contribution in [2.45, 2.75) is 52.6 Å². The van der Waals surface area contributed by atoms with Crippen molar-refractivity contribution in [3.63, 3.8) is 0 Å².